The van der Waals surface area contributed by atoms with E-state index >= 15 is 0 Å². The van der Waals surface area contributed by atoms with Crippen LogP contribution < -0.4 is 5.32 Å². The Bertz CT molecular complexity index is 1250. The zero-order valence-corrected chi connectivity index (χ0v) is 19.0. The van der Waals surface area contributed by atoms with E-state index in [4.69, 9.17) is 0 Å². The lowest BCUT2D eigenvalue weighted by Gasteiger charge is -2.30. The van der Waals surface area contributed by atoms with Gasteiger partial charge in [-0.3, -0.25) is 10.1 Å². The molecule has 1 aromatic heterocycles. The Hall–Kier alpha value is -2.98. The Morgan fingerprint density at radius 2 is 2.03 bits per heavy atom. The minimum Gasteiger partial charge on any atom is -0.378 e. The van der Waals surface area contributed by atoms with Crippen LogP contribution in [0.5, 0.6) is 0 Å². The molecular weight excluding hydrogens is 430 g/mol. The van der Waals surface area contributed by atoms with Crippen molar-refractivity contribution in [2.45, 2.75) is 38.1 Å². The Kier molecular flexibility index (Phi) is 6.16. The maximum atomic E-state index is 13.0. The fourth-order valence-electron chi connectivity index (χ4n) is 4.27. The van der Waals surface area contributed by atoms with Crippen molar-refractivity contribution in [2.24, 2.45) is 5.92 Å². The molecule has 170 valence electrons. The zero-order valence-electron chi connectivity index (χ0n) is 18.2. The Morgan fingerprint density at radius 1 is 1.25 bits per heavy atom. The number of fused-ring (bicyclic) bond motifs is 1. The van der Waals surface area contributed by atoms with E-state index in [1.54, 1.807) is 0 Å². The summed E-state index contributed by atoms with van der Waals surface area (Å²) in [4.78, 5) is 15.6. The molecule has 0 unspecified atom stereocenters. The van der Waals surface area contributed by atoms with Gasteiger partial charge in [0.05, 0.1) is 20.9 Å². The minimum atomic E-state index is -3.76. The van der Waals surface area contributed by atoms with Crippen molar-refractivity contribution in [3.05, 3.63) is 58.4 Å². The number of hydrogen-bond acceptors (Lipinski definition) is 6. The highest BCUT2D eigenvalue weighted by Gasteiger charge is 2.30. The number of anilines is 1. The van der Waals surface area contributed by atoms with Crippen molar-refractivity contribution in [3.8, 4) is 0 Å². The number of nitrogens with one attached hydrogen (secondary N) is 1. The predicted octanol–water partition coefficient (Wildman–Crippen LogP) is 3.79. The van der Waals surface area contributed by atoms with E-state index < -0.39 is 14.9 Å². The van der Waals surface area contributed by atoms with E-state index in [-0.39, 0.29) is 16.5 Å². The van der Waals surface area contributed by atoms with Crippen LogP contribution >= 0.6 is 0 Å². The SMILES string of the molecule is Cc1nc2ccccc2n1CCNc1ccc(S(=O)(=O)N2CCC[C@@H](C)C2)cc1[N+](=O)[O-]. The number of aryl methyl sites for hydroxylation is 1. The molecule has 1 saturated heterocycles. The predicted molar refractivity (Wildman–Crippen MR) is 123 cm³/mol. The second-order valence-corrected chi connectivity index (χ2v) is 10.2. The van der Waals surface area contributed by atoms with E-state index in [0.29, 0.717) is 31.9 Å². The van der Waals surface area contributed by atoms with Gasteiger partial charge in [0.25, 0.3) is 5.69 Å². The number of nitro benzene ring substituents is 1. The summed E-state index contributed by atoms with van der Waals surface area (Å²) in [6.07, 6.45) is 1.78. The molecule has 0 aliphatic carbocycles. The quantitative estimate of drug-likeness (QED) is 0.427. The average Bonchev–Trinajstić information content (AvgIpc) is 3.09. The Morgan fingerprint density at radius 3 is 2.78 bits per heavy atom. The van der Waals surface area contributed by atoms with Gasteiger partial charge in [0, 0.05) is 32.2 Å². The maximum Gasteiger partial charge on any atom is 0.293 e. The van der Waals surface area contributed by atoms with Gasteiger partial charge < -0.3 is 9.88 Å². The van der Waals surface area contributed by atoms with Gasteiger partial charge in [0.2, 0.25) is 10.0 Å². The number of aromatic nitrogens is 2. The van der Waals surface area contributed by atoms with Gasteiger partial charge in [-0.15, -0.1) is 0 Å². The van der Waals surface area contributed by atoms with Crippen LogP contribution in [0.4, 0.5) is 11.4 Å². The lowest BCUT2D eigenvalue weighted by molar-refractivity contribution is -0.384. The number of sulfonamides is 1. The first-order chi connectivity index (χ1) is 15.3. The molecule has 1 aliphatic heterocycles. The fraction of sp³-hybridized carbons (Fsp3) is 0.409. The van der Waals surface area contributed by atoms with Gasteiger partial charge >= 0.3 is 0 Å². The molecule has 0 spiro atoms. The standard InChI is InChI=1S/C22H27N5O4S/c1-16-6-5-12-25(15-16)32(30,31)18-9-10-19(22(14-18)27(28)29)23-11-13-26-17(2)24-20-7-3-4-8-21(20)26/h3-4,7-10,14,16,23H,5-6,11-13,15H2,1-2H3/t16-/m1/s1. The molecule has 0 bridgehead atoms. The highest BCUT2D eigenvalue weighted by Crippen LogP contribution is 2.30. The monoisotopic (exact) mass is 457 g/mol. The second kappa shape index (κ2) is 8.87. The van der Waals surface area contributed by atoms with Crippen LogP contribution in [0.3, 0.4) is 0 Å². The molecule has 3 aromatic rings. The maximum absolute atomic E-state index is 13.0. The van der Waals surface area contributed by atoms with E-state index in [2.05, 4.69) is 10.3 Å². The van der Waals surface area contributed by atoms with Gasteiger partial charge in [0.15, 0.2) is 0 Å². The molecule has 1 fully saturated rings. The Balaban J connectivity index is 1.53. The normalized spacial score (nSPS) is 17.5. The van der Waals surface area contributed by atoms with Gasteiger partial charge in [-0.1, -0.05) is 19.1 Å². The summed E-state index contributed by atoms with van der Waals surface area (Å²) in [5, 5.41) is 14.8. The van der Waals surface area contributed by atoms with E-state index in [9.17, 15) is 18.5 Å². The van der Waals surface area contributed by atoms with Crippen LogP contribution in [0.1, 0.15) is 25.6 Å². The van der Waals surface area contributed by atoms with E-state index in [0.717, 1.165) is 35.8 Å². The molecule has 2 heterocycles. The highest BCUT2D eigenvalue weighted by atomic mass is 32.2. The third kappa shape index (κ3) is 4.33. The summed E-state index contributed by atoms with van der Waals surface area (Å²) in [5.41, 5.74) is 1.95. The number of benzene rings is 2. The topological polar surface area (TPSA) is 110 Å². The number of para-hydroxylation sites is 2. The van der Waals surface area contributed by atoms with Gasteiger partial charge in [-0.05, 0) is 49.9 Å². The van der Waals surface area contributed by atoms with Crippen molar-refractivity contribution < 1.29 is 13.3 Å². The summed E-state index contributed by atoms with van der Waals surface area (Å²) >= 11 is 0. The summed E-state index contributed by atoms with van der Waals surface area (Å²) in [6.45, 7) is 5.81. The van der Waals surface area contributed by atoms with Crippen molar-refractivity contribution in [2.75, 3.05) is 25.0 Å². The first-order valence-corrected chi connectivity index (χ1v) is 12.2. The number of nitro groups is 1. The van der Waals surface area contributed by atoms with Crippen molar-refractivity contribution in [1.29, 1.82) is 0 Å². The van der Waals surface area contributed by atoms with Crippen LogP contribution in [-0.2, 0) is 16.6 Å². The van der Waals surface area contributed by atoms with Gasteiger partial charge in [-0.2, -0.15) is 4.31 Å². The summed E-state index contributed by atoms with van der Waals surface area (Å²) < 4.78 is 29.5. The van der Waals surface area contributed by atoms with Crippen LogP contribution in [0, 0.1) is 23.0 Å². The first-order valence-electron chi connectivity index (χ1n) is 10.7. The van der Waals surface area contributed by atoms with Crippen LogP contribution in [0.15, 0.2) is 47.4 Å². The number of nitrogens with zero attached hydrogens (tertiary/aromatic N) is 4. The van der Waals surface area contributed by atoms with Crippen LogP contribution in [0.2, 0.25) is 0 Å². The van der Waals surface area contributed by atoms with E-state index in [1.807, 2.05) is 42.7 Å². The summed E-state index contributed by atoms with van der Waals surface area (Å²) in [6, 6.07) is 11.9. The number of imidazole rings is 1. The van der Waals surface area contributed by atoms with Crippen molar-refractivity contribution in [1.82, 2.24) is 13.9 Å². The number of piperidine rings is 1. The molecule has 0 amide bonds. The van der Waals surface area contributed by atoms with Crippen molar-refractivity contribution >= 4 is 32.4 Å². The van der Waals surface area contributed by atoms with Crippen molar-refractivity contribution in [3.63, 3.8) is 0 Å². The van der Waals surface area contributed by atoms with Crippen LogP contribution in [0.25, 0.3) is 11.0 Å². The number of hydrogen-bond donors (Lipinski definition) is 1. The molecule has 0 saturated carbocycles. The second-order valence-electron chi connectivity index (χ2n) is 8.27. The molecule has 9 nitrogen and oxygen atoms in total. The lowest BCUT2D eigenvalue weighted by Crippen LogP contribution is -2.39. The summed E-state index contributed by atoms with van der Waals surface area (Å²) in [7, 11) is -3.76. The van der Waals surface area contributed by atoms with E-state index in [1.165, 1.54) is 16.4 Å². The molecule has 32 heavy (non-hydrogen) atoms. The van der Waals surface area contributed by atoms with Gasteiger partial charge in [0.1, 0.15) is 11.5 Å². The summed E-state index contributed by atoms with van der Waals surface area (Å²) in [5.74, 6) is 1.14. The molecule has 0 radical (unpaired) electrons. The minimum absolute atomic E-state index is 0.0414. The third-order valence-electron chi connectivity index (χ3n) is 5.92. The first kappa shape index (κ1) is 22.2. The molecule has 4 rings (SSSR count). The van der Waals surface area contributed by atoms with Gasteiger partial charge in [-0.25, -0.2) is 13.4 Å². The molecule has 10 heteroatoms. The molecule has 1 atom stereocenters. The smallest absolute Gasteiger partial charge is 0.293 e. The largest absolute Gasteiger partial charge is 0.378 e. The molecule has 1 N–H and O–H groups in total. The number of rotatable bonds is 7. The van der Waals surface area contributed by atoms with Crippen LogP contribution in [-0.4, -0.2) is 46.8 Å². The molecule has 1 aliphatic rings. The molecular formula is C22H27N5O4S. The Labute approximate surface area is 187 Å². The molecule has 2 aromatic carbocycles. The third-order valence-corrected chi connectivity index (χ3v) is 7.78. The average molecular weight is 458 g/mol. The lowest BCUT2D eigenvalue weighted by atomic mass is 10.0. The fourth-order valence-corrected chi connectivity index (χ4v) is 5.89. The highest BCUT2D eigenvalue weighted by molar-refractivity contribution is 7.89. The zero-order chi connectivity index (χ0) is 22.9.